The summed E-state index contributed by atoms with van der Waals surface area (Å²) < 4.78 is 5.61. The number of carboxylic acid groups (broad SMARTS) is 1. The van der Waals surface area contributed by atoms with Crippen molar-refractivity contribution < 1.29 is 19.4 Å². The molecule has 0 saturated carbocycles. The lowest BCUT2D eigenvalue weighted by molar-refractivity contribution is -0.145. The molecule has 6 heteroatoms. The molecule has 1 saturated heterocycles. The fraction of sp³-hybridized carbons (Fsp3) is 0.600. The summed E-state index contributed by atoms with van der Waals surface area (Å²) in [5.74, 6) is -0.951. The molecule has 2 rings (SSSR count). The first-order valence-corrected chi connectivity index (χ1v) is 9.36. The normalized spacial score (nSPS) is 20.7. The number of hydrogen-bond donors (Lipinski definition) is 2. The third kappa shape index (κ3) is 6.42. The Morgan fingerprint density at radius 1 is 1.27 bits per heavy atom. The van der Waals surface area contributed by atoms with Crippen LogP contribution >= 0.6 is 0 Å². The molecule has 2 atom stereocenters. The Kier molecular flexibility index (Phi) is 8.06. The lowest BCUT2D eigenvalue weighted by Crippen LogP contribution is -2.46. The molecule has 1 aliphatic rings. The second-order valence-electron chi connectivity index (χ2n) is 7.17. The Bertz CT molecular complexity index is 605. The minimum atomic E-state index is -0.775. The number of hydrogen-bond acceptors (Lipinski definition) is 4. The molecule has 0 bridgehead atoms. The molecule has 1 fully saturated rings. The van der Waals surface area contributed by atoms with Gasteiger partial charge in [-0.1, -0.05) is 38.1 Å². The average molecular weight is 362 g/mol. The van der Waals surface area contributed by atoms with E-state index < -0.39 is 5.97 Å². The van der Waals surface area contributed by atoms with E-state index in [4.69, 9.17) is 4.74 Å². The highest BCUT2D eigenvalue weighted by atomic mass is 16.5. The summed E-state index contributed by atoms with van der Waals surface area (Å²) in [5, 5.41) is 12.2. The van der Waals surface area contributed by atoms with Crippen LogP contribution in [0.2, 0.25) is 0 Å². The van der Waals surface area contributed by atoms with E-state index in [0.717, 1.165) is 30.7 Å². The maximum atomic E-state index is 12.3. The van der Waals surface area contributed by atoms with Gasteiger partial charge in [0.1, 0.15) is 0 Å². The molecule has 1 amide bonds. The number of nitrogens with zero attached hydrogens (tertiary/aromatic N) is 1. The SMILES string of the molecule is CCCOCc1ccccc1CNC(=O)CN1CC(C)CC(C(=O)O)C1. The number of likely N-dealkylation sites (tertiary alicyclic amines) is 1. The van der Waals surface area contributed by atoms with Crippen LogP contribution in [0, 0.1) is 11.8 Å². The Morgan fingerprint density at radius 2 is 2.00 bits per heavy atom. The molecule has 144 valence electrons. The average Bonchev–Trinajstić information content (AvgIpc) is 2.60. The second-order valence-corrected chi connectivity index (χ2v) is 7.17. The van der Waals surface area contributed by atoms with Gasteiger partial charge in [0, 0.05) is 26.2 Å². The molecule has 26 heavy (non-hydrogen) atoms. The molecule has 0 radical (unpaired) electrons. The number of rotatable bonds is 9. The Morgan fingerprint density at radius 3 is 2.69 bits per heavy atom. The van der Waals surface area contributed by atoms with E-state index in [1.807, 2.05) is 36.1 Å². The van der Waals surface area contributed by atoms with Gasteiger partial charge < -0.3 is 15.2 Å². The summed E-state index contributed by atoms with van der Waals surface area (Å²) in [7, 11) is 0. The van der Waals surface area contributed by atoms with E-state index in [9.17, 15) is 14.7 Å². The van der Waals surface area contributed by atoms with Gasteiger partial charge >= 0.3 is 5.97 Å². The molecule has 0 aliphatic carbocycles. The molecule has 0 aromatic heterocycles. The van der Waals surface area contributed by atoms with E-state index >= 15 is 0 Å². The number of nitrogens with one attached hydrogen (secondary N) is 1. The summed E-state index contributed by atoms with van der Waals surface area (Å²) in [6, 6.07) is 7.93. The van der Waals surface area contributed by atoms with E-state index in [1.165, 1.54) is 0 Å². The molecular weight excluding hydrogens is 332 g/mol. The summed E-state index contributed by atoms with van der Waals surface area (Å²) in [5.41, 5.74) is 2.13. The van der Waals surface area contributed by atoms with E-state index in [2.05, 4.69) is 12.2 Å². The van der Waals surface area contributed by atoms with E-state index in [1.54, 1.807) is 0 Å². The summed E-state index contributed by atoms with van der Waals surface area (Å²) >= 11 is 0. The van der Waals surface area contributed by atoms with Crippen LogP contribution in [0.4, 0.5) is 0 Å². The number of ether oxygens (including phenoxy) is 1. The van der Waals surface area contributed by atoms with Crippen molar-refractivity contribution in [3.63, 3.8) is 0 Å². The van der Waals surface area contributed by atoms with Gasteiger partial charge in [-0.25, -0.2) is 0 Å². The lowest BCUT2D eigenvalue weighted by Gasteiger charge is -2.34. The van der Waals surface area contributed by atoms with Gasteiger partial charge in [0.25, 0.3) is 0 Å². The van der Waals surface area contributed by atoms with Crippen molar-refractivity contribution in [3.8, 4) is 0 Å². The predicted molar refractivity (Wildman–Crippen MR) is 99.6 cm³/mol. The fourth-order valence-corrected chi connectivity index (χ4v) is 3.42. The van der Waals surface area contributed by atoms with Crippen LogP contribution < -0.4 is 5.32 Å². The van der Waals surface area contributed by atoms with E-state index in [0.29, 0.717) is 26.1 Å². The topological polar surface area (TPSA) is 78.9 Å². The van der Waals surface area contributed by atoms with Crippen LogP contribution in [-0.4, -0.2) is 48.1 Å². The molecule has 1 aliphatic heterocycles. The van der Waals surface area contributed by atoms with E-state index in [-0.39, 0.29) is 24.3 Å². The highest BCUT2D eigenvalue weighted by Gasteiger charge is 2.30. The second kappa shape index (κ2) is 10.3. The maximum Gasteiger partial charge on any atom is 0.307 e. The van der Waals surface area contributed by atoms with Gasteiger partial charge in [0.15, 0.2) is 0 Å². The van der Waals surface area contributed by atoms with Crippen molar-refractivity contribution in [1.82, 2.24) is 10.2 Å². The van der Waals surface area contributed by atoms with Gasteiger partial charge in [0.2, 0.25) is 5.91 Å². The number of aliphatic carboxylic acids is 1. The largest absolute Gasteiger partial charge is 0.481 e. The third-order valence-electron chi connectivity index (χ3n) is 4.65. The smallest absolute Gasteiger partial charge is 0.307 e. The van der Waals surface area contributed by atoms with Crippen LogP contribution in [0.1, 0.15) is 37.8 Å². The minimum absolute atomic E-state index is 0.0764. The fourth-order valence-electron chi connectivity index (χ4n) is 3.42. The number of amides is 1. The molecule has 2 N–H and O–H groups in total. The molecule has 2 unspecified atom stereocenters. The van der Waals surface area contributed by atoms with Crippen LogP contribution in [0.25, 0.3) is 0 Å². The lowest BCUT2D eigenvalue weighted by atomic mass is 9.90. The third-order valence-corrected chi connectivity index (χ3v) is 4.65. The number of piperidine rings is 1. The first kappa shape index (κ1) is 20.4. The van der Waals surface area contributed by atoms with Gasteiger partial charge in [0.05, 0.1) is 19.1 Å². The molecule has 1 aromatic carbocycles. The number of carbonyl (C=O) groups excluding carboxylic acids is 1. The molecule has 0 spiro atoms. The monoisotopic (exact) mass is 362 g/mol. The highest BCUT2D eigenvalue weighted by Crippen LogP contribution is 2.21. The zero-order valence-corrected chi connectivity index (χ0v) is 15.7. The molecule has 1 heterocycles. The van der Waals surface area contributed by atoms with Crippen molar-refractivity contribution in [3.05, 3.63) is 35.4 Å². The first-order chi connectivity index (χ1) is 12.5. The van der Waals surface area contributed by atoms with Crippen molar-refractivity contribution in [2.75, 3.05) is 26.2 Å². The zero-order valence-electron chi connectivity index (χ0n) is 15.7. The zero-order chi connectivity index (χ0) is 18.9. The number of carbonyl (C=O) groups is 2. The number of benzene rings is 1. The van der Waals surface area contributed by atoms with Crippen molar-refractivity contribution in [2.45, 2.75) is 39.8 Å². The van der Waals surface area contributed by atoms with Crippen molar-refractivity contribution in [1.29, 1.82) is 0 Å². The molecular formula is C20H30N2O4. The van der Waals surface area contributed by atoms with Gasteiger partial charge in [-0.3, -0.25) is 14.5 Å². The first-order valence-electron chi connectivity index (χ1n) is 9.36. The summed E-state index contributed by atoms with van der Waals surface area (Å²) in [6.45, 7) is 7.27. The van der Waals surface area contributed by atoms with Crippen molar-refractivity contribution in [2.24, 2.45) is 11.8 Å². The van der Waals surface area contributed by atoms with Gasteiger partial charge in [-0.05, 0) is 29.9 Å². The molecule has 6 nitrogen and oxygen atoms in total. The quantitative estimate of drug-likeness (QED) is 0.659. The Labute approximate surface area is 155 Å². The Hall–Kier alpha value is -1.92. The van der Waals surface area contributed by atoms with Gasteiger partial charge in [-0.2, -0.15) is 0 Å². The van der Waals surface area contributed by atoms with Crippen LogP contribution in [0.5, 0.6) is 0 Å². The predicted octanol–water partition coefficient (Wildman–Crippen LogP) is 2.27. The van der Waals surface area contributed by atoms with Crippen LogP contribution in [-0.2, 0) is 27.5 Å². The maximum absolute atomic E-state index is 12.3. The Balaban J connectivity index is 1.84. The van der Waals surface area contributed by atoms with Crippen LogP contribution in [0.15, 0.2) is 24.3 Å². The summed E-state index contributed by atoms with van der Waals surface area (Å²) in [4.78, 5) is 25.5. The number of carboxylic acids is 1. The van der Waals surface area contributed by atoms with Crippen LogP contribution in [0.3, 0.4) is 0 Å². The minimum Gasteiger partial charge on any atom is -0.481 e. The van der Waals surface area contributed by atoms with Crippen molar-refractivity contribution >= 4 is 11.9 Å². The molecule has 1 aromatic rings. The highest BCUT2D eigenvalue weighted by molar-refractivity contribution is 5.78. The van der Waals surface area contributed by atoms with Gasteiger partial charge in [-0.15, -0.1) is 0 Å². The standard InChI is InChI=1S/C20H30N2O4/c1-3-8-26-14-17-7-5-4-6-16(17)10-21-19(23)13-22-11-15(2)9-18(12-22)20(24)25/h4-7,15,18H,3,8-14H2,1-2H3,(H,21,23)(H,24,25). The summed E-state index contributed by atoms with van der Waals surface area (Å²) in [6.07, 6.45) is 1.66.